The zero-order valence-electron chi connectivity index (χ0n) is 7.76. The van der Waals surface area contributed by atoms with Crippen molar-refractivity contribution in [3.63, 3.8) is 0 Å². The fourth-order valence-electron chi connectivity index (χ4n) is 1.01. The molecule has 1 aromatic carbocycles. The Balaban J connectivity index is 3.11. The number of hydrazine groups is 1. The number of para-hydroxylation sites is 1. The van der Waals surface area contributed by atoms with Crippen LogP contribution in [0.25, 0.3) is 0 Å². The number of nitrogen functional groups attached to an aromatic ring is 1. The summed E-state index contributed by atoms with van der Waals surface area (Å²) in [6.45, 7) is 0. The highest BCUT2D eigenvalue weighted by atomic mass is 19.4. The minimum Gasteiger partial charge on any atom is -0.493 e. The zero-order valence-corrected chi connectivity index (χ0v) is 7.76. The summed E-state index contributed by atoms with van der Waals surface area (Å²) in [6.07, 6.45) is -4.79. The van der Waals surface area contributed by atoms with Crippen LogP contribution in [0.1, 0.15) is 0 Å². The van der Waals surface area contributed by atoms with Crippen LogP contribution in [0.3, 0.4) is 0 Å². The Kier molecular flexibility index (Phi) is 3.25. The Hall–Kier alpha value is -1.63. The van der Waals surface area contributed by atoms with E-state index in [4.69, 9.17) is 10.6 Å². The Morgan fingerprint density at radius 3 is 2.47 bits per heavy atom. The third-order valence-electron chi connectivity index (χ3n) is 1.57. The number of benzene rings is 1. The second kappa shape index (κ2) is 4.26. The molecule has 0 bridgehead atoms. The van der Waals surface area contributed by atoms with Crippen molar-refractivity contribution in [1.82, 2.24) is 0 Å². The first-order valence-electron chi connectivity index (χ1n) is 3.87. The average Bonchev–Trinajstić information content (AvgIpc) is 2.16. The summed E-state index contributed by atoms with van der Waals surface area (Å²) < 4.78 is 44.6. The number of hydrogen-bond donors (Lipinski definition) is 2. The molecular formula is C8H9F3N2O2. The molecule has 0 aliphatic carbocycles. The molecule has 0 saturated carbocycles. The van der Waals surface area contributed by atoms with Gasteiger partial charge >= 0.3 is 6.36 Å². The van der Waals surface area contributed by atoms with Gasteiger partial charge in [0.05, 0.1) is 12.8 Å². The normalized spacial score (nSPS) is 11.0. The Morgan fingerprint density at radius 1 is 1.33 bits per heavy atom. The van der Waals surface area contributed by atoms with E-state index in [0.717, 1.165) is 0 Å². The summed E-state index contributed by atoms with van der Waals surface area (Å²) in [6, 6.07) is 4.16. The number of nitrogens with two attached hydrogens (primary N) is 1. The second-order valence-corrected chi connectivity index (χ2v) is 2.53. The molecule has 15 heavy (non-hydrogen) atoms. The first-order chi connectivity index (χ1) is 6.98. The lowest BCUT2D eigenvalue weighted by atomic mass is 10.3. The molecule has 84 valence electrons. The molecule has 0 fully saturated rings. The fourth-order valence-corrected chi connectivity index (χ4v) is 1.01. The van der Waals surface area contributed by atoms with Gasteiger partial charge in [0.2, 0.25) is 0 Å². The summed E-state index contributed by atoms with van der Waals surface area (Å²) in [5.41, 5.74) is 2.08. The van der Waals surface area contributed by atoms with E-state index in [-0.39, 0.29) is 11.4 Å². The van der Waals surface area contributed by atoms with Crippen LogP contribution in [0.15, 0.2) is 18.2 Å². The first kappa shape index (κ1) is 11.4. The number of halogens is 3. The average molecular weight is 222 g/mol. The van der Waals surface area contributed by atoms with Crippen molar-refractivity contribution < 1.29 is 22.6 Å². The maximum Gasteiger partial charge on any atom is 0.573 e. The lowest BCUT2D eigenvalue weighted by Crippen LogP contribution is -2.19. The summed E-state index contributed by atoms with van der Waals surface area (Å²) in [7, 11) is 1.23. The molecular weight excluding hydrogens is 213 g/mol. The van der Waals surface area contributed by atoms with E-state index in [0.29, 0.717) is 0 Å². The Bertz CT molecular complexity index is 319. The molecule has 0 heterocycles. The third-order valence-corrected chi connectivity index (χ3v) is 1.57. The number of methoxy groups -OCH3 is 1. The van der Waals surface area contributed by atoms with Crippen LogP contribution in [0.2, 0.25) is 0 Å². The molecule has 0 atom stereocenters. The molecule has 0 aliphatic rings. The van der Waals surface area contributed by atoms with Gasteiger partial charge in [-0.05, 0) is 12.1 Å². The second-order valence-electron chi connectivity index (χ2n) is 2.53. The minimum absolute atomic E-state index is 0.00771. The van der Waals surface area contributed by atoms with Crippen LogP contribution < -0.4 is 20.7 Å². The van der Waals surface area contributed by atoms with Crippen LogP contribution >= 0.6 is 0 Å². The number of alkyl halides is 3. The van der Waals surface area contributed by atoms with E-state index < -0.39 is 12.1 Å². The molecule has 0 aromatic heterocycles. The fraction of sp³-hybridized carbons (Fsp3) is 0.250. The van der Waals surface area contributed by atoms with Gasteiger partial charge in [-0.15, -0.1) is 13.2 Å². The van der Waals surface area contributed by atoms with Crippen LogP contribution in [-0.2, 0) is 0 Å². The highest BCUT2D eigenvalue weighted by Gasteiger charge is 2.33. The van der Waals surface area contributed by atoms with Gasteiger partial charge in [-0.3, -0.25) is 5.84 Å². The number of rotatable bonds is 3. The molecule has 7 heteroatoms. The summed E-state index contributed by atoms with van der Waals surface area (Å²) in [4.78, 5) is 0. The van der Waals surface area contributed by atoms with Crippen LogP contribution in [0.5, 0.6) is 11.5 Å². The molecule has 0 saturated heterocycles. The monoisotopic (exact) mass is 222 g/mol. The lowest BCUT2D eigenvalue weighted by molar-refractivity contribution is -0.274. The van der Waals surface area contributed by atoms with Gasteiger partial charge in [0, 0.05) is 0 Å². The van der Waals surface area contributed by atoms with Gasteiger partial charge in [-0.1, -0.05) is 6.07 Å². The van der Waals surface area contributed by atoms with Crippen molar-refractivity contribution in [2.24, 2.45) is 5.84 Å². The largest absolute Gasteiger partial charge is 0.573 e. The summed E-state index contributed by atoms with van der Waals surface area (Å²) in [5.74, 6) is 4.50. The van der Waals surface area contributed by atoms with Gasteiger partial charge < -0.3 is 14.9 Å². The van der Waals surface area contributed by atoms with Gasteiger partial charge in [-0.25, -0.2) is 0 Å². The van der Waals surface area contributed by atoms with Gasteiger partial charge in [0.25, 0.3) is 0 Å². The van der Waals surface area contributed by atoms with Crippen molar-refractivity contribution in [1.29, 1.82) is 0 Å². The third kappa shape index (κ3) is 2.91. The van der Waals surface area contributed by atoms with E-state index in [2.05, 4.69) is 10.2 Å². The molecule has 0 radical (unpaired) electrons. The van der Waals surface area contributed by atoms with E-state index in [1.807, 2.05) is 0 Å². The molecule has 1 rings (SSSR count). The minimum atomic E-state index is -4.79. The predicted molar refractivity (Wildman–Crippen MR) is 47.5 cm³/mol. The molecule has 0 aliphatic heterocycles. The van der Waals surface area contributed by atoms with Crippen molar-refractivity contribution in [2.45, 2.75) is 6.36 Å². The molecule has 0 amide bonds. The van der Waals surface area contributed by atoms with Crippen molar-refractivity contribution in [3.05, 3.63) is 18.2 Å². The van der Waals surface area contributed by atoms with E-state index in [1.54, 1.807) is 0 Å². The summed E-state index contributed by atoms with van der Waals surface area (Å²) in [5, 5.41) is 0. The van der Waals surface area contributed by atoms with Gasteiger partial charge in [0.15, 0.2) is 11.5 Å². The summed E-state index contributed by atoms with van der Waals surface area (Å²) >= 11 is 0. The van der Waals surface area contributed by atoms with E-state index in [1.165, 1.54) is 25.3 Å². The van der Waals surface area contributed by atoms with E-state index >= 15 is 0 Å². The van der Waals surface area contributed by atoms with Crippen molar-refractivity contribution >= 4 is 5.69 Å². The quantitative estimate of drug-likeness (QED) is 0.605. The van der Waals surface area contributed by atoms with Gasteiger partial charge in [0.1, 0.15) is 0 Å². The zero-order chi connectivity index (χ0) is 11.5. The highest BCUT2D eigenvalue weighted by molar-refractivity contribution is 5.62. The van der Waals surface area contributed by atoms with Crippen LogP contribution in [0, 0.1) is 0 Å². The Labute approximate surface area is 83.7 Å². The standard InChI is InChI=1S/C8H9F3N2O2/c1-14-6-4-2-3-5(13-12)7(6)15-8(9,10)11/h2-4,13H,12H2,1H3. The van der Waals surface area contributed by atoms with Crippen LogP contribution in [0.4, 0.5) is 18.9 Å². The van der Waals surface area contributed by atoms with Crippen molar-refractivity contribution in [2.75, 3.05) is 12.5 Å². The SMILES string of the molecule is COc1cccc(NN)c1OC(F)(F)F. The van der Waals surface area contributed by atoms with Crippen molar-refractivity contribution in [3.8, 4) is 11.5 Å². The predicted octanol–water partition coefficient (Wildman–Crippen LogP) is 1.88. The highest BCUT2D eigenvalue weighted by Crippen LogP contribution is 2.38. The molecule has 4 nitrogen and oxygen atoms in total. The first-order valence-corrected chi connectivity index (χ1v) is 3.87. The van der Waals surface area contributed by atoms with E-state index in [9.17, 15) is 13.2 Å². The topological polar surface area (TPSA) is 56.5 Å². The number of nitrogens with one attached hydrogen (secondary N) is 1. The maximum atomic E-state index is 12.0. The number of ether oxygens (including phenoxy) is 2. The lowest BCUT2D eigenvalue weighted by Gasteiger charge is -2.15. The number of hydrogen-bond acceptors (Lipinski definition) is 4. The molecule has 0 unspecified atom stereocenters. The van der Waals surface area contributed by atoms with Crippen LogP contribution in [-0.4, -0.2) is 13.5 Å². The smallest absolute Gasteiger partial charge is 0.493 e. The molecule has 0 spiro atoms. The molecule has 1 aromatic rings. The van der Waals surface area contributed by atoms with Gasteiger partial charge in [-0.2, -0.15) is 0 Å². The molecule has 3 N–H and O–H groups in total. The Morgan fingerprint density at radius 2 is 2.00 bits per heavy atom. The maximum absolute atomic E-state index is 12.0. The number of anilines is 1.